The van der Waals surface area contributed by atoms with Gasteiger partial charge in [-0.3, -0.25) is 4.79 Å². The Labute approximate surface area is 105 Å². The highest BCUT2D eigenvalue weighted by Gasteiger charge is 2.13. The molecule has 6 nitrogen and oxygen atoms in total. The quantitative estimate of drug-likeness (QED) is 0.788. The maximum absolute atomic E-state index is 11.7. The van der Waals surface area contributed by atoms with Gasteiger partial charge in [0.1, 0.15) is 5.38 Å². The molecule has 1 unspecified atom stereocenters. The van der Waals surface area contributed by atoms with Gasteiger partial charge in [-0.15, -0.1) is 16.7 Å². The third kappa shape index (κ3) is 3.89. The SMILES string of the molecule is CCN(CC)C(=O)CNc1nnc(C(C)Cl)o1. The molecule has 1 aromatic rings. The zero-order chi connectivity index (χ0) is 12.8. The Balaban J connectivity index is 2.47. The van der Waals surface area contributed by atoms with Gasteiger partial charge in [-0.25, -0.2) is 0 Å². The first-order chi connectivity index (χ1) is 8.08. The summed E-state index contributed by atoms with van der Waals surface area (Å²) in [5, 5.41) is 9.92. The van der Waals surface area contributed by atoms with E-state index < -0.39 is 0 Å². The second-order valence-corrected chi connectivity index (χ2v) is 4.14. The highest BCUT2D eigenvalue weighted by molar-refractivity contribution is 6.20. The van der Waals surface area contributed by atoms with Crippen molar-refractivity contribution < 1.29 is 9.21 Å². The summed E-state index contributed by atoms with van der Waals surface area (Å²) in [6.07, 6.45) is 0. The van der Waals surface area contributed by atoms with Gasteiger partial charge in [0.2, 0.25) is 11.8 Å². The third-order valence-electron chi connectivity index (χ3n) is 2.29. The van der Waals surface area contributed by atoms with Crippen LogP contribution in [0.4, 0.5) is 6.01 Å². The van der Waals surface area contributed by atoms with E-state index in [1.807, 2.05) is 13.8 Å². The lowest BCUT2D eigenvalue weighted by atomic mass is 10.4. The summed E-state index contributed by atoms with van der Waals surface area (Å²) in [6, 6.07) is 0.216. The van der Waals surface area contributed by atoms with Crippen LogP contribution in [0.3, 0.4) is 0 Å². The maximum atomic E-state index is 11.7. The summed E-state index contributed by atoms with van der Waals surface area (Å²) in [5.41, 5.74) is 0. The molecule has 0 aliphatic rings. The summed E-state index contributed by atoms with van der Waals surface area (Å²) < 4.78 is 5.21. The summed E-state index contributed by atoms with van der Waals surface area (Å²) in [7, 11) is 0. The van der Waals surface area contributed by atoms with Crippen LogP contribution >= 0.6 is 11.6 Å². The number of carbonyl (C=O) groups is 1. The second-order valence-electron chi connectivity index (χ2n) is 3.48. The molecule has 7 heteroatoms. The summed E-state index contributed by atoms with van der Waals surface area (Å²) >= 11 is 5.78. The molecule has 0 fully saturated rings. The van der Waals surface area contributed by atoms with E-state index in [1.54, 1.807) is 11.8 Å². The Bertz CT molecular complexity index is 363. The normalized spacial score (nSPS) is 12.2. The van der Waals surface area contributed by atoms with Crippen LogP contribution in [0.25, 0.3) is 0 Å². The molecule has 96 valence electrons. The Morgan fingerprint density at radius 2 is 2.12 bits per heavy atom. The average Bonchev–Trinajstić information content (AvgIpc) is 2.76. The van der Waals surface area contributed by atoms with Crippen LogP contribution in [-0.2, 0) is 4.79 Å². The van der Waals surface area contributed by atoms with E-state index in [2.05, 4.69) is 15.5 Å². The summed E-state index contributed by atoms with van der Waals surface area (Å²) in [5.74, 6) is 0.332. The predicted octanol–water partition coefficient (Wildman–Crippen LogP) is 1.65. The van der Waals surface area contributed by atoms with Gasteiger partial charge in [0.05, 0.1) is 6.54 Å². The van der Waals surface area contributed by atoms with E-state index in [0.717, 1.165) is 0 Å². The molecule has 1 aromatic heterocycles. The molecule has 1 atom stereocenters. The first-order valence-electron chi connectivity index (χ1n) is 5.57. The molecule has 1 N–H and O–H groups in total. The van der Waals surface area contributed by atoms with Gasteiger partial charge >= 0.3 is 6.01 Å². The van der Waals surface area contributed by atoms with Crippen molar-refractivity contribution in [1.82, 2.24) is 15.1 Å². The average molecular weight is 261 g/mol. The van der Waals surface area contributed by atoms with Crippen molar-refractivity contribution in [3.63, 3.8) is 0 Å². The predicted molar refractivity (Wildman–Crippen MR) is 65.0 cm³/mol. The topological polar surface area (TPSA) is 71.3 Å². The van der Waals surface area contributed by atoms with E-state index in [9.17, 15) is 4.79 Å². The number of nitrogens with zero attached hydrogens (tertiary/aromatic N) is 3. The van der Waals surface area contributed by atoms with Crippen molar-refractivity contribution in [3.05, 3.63) is 5.89 Å². The molecule has 0 saturated heterocycles. The van der Waals surface area contributed by atoms with Gasteiger partial charge in [0.25, 0.3) is 0 Å². The molecular weight excluding hydrogens is 244 g/mol. The van der Waals surface area contributed by atoms with Crippen molar-refractivity contribution in [3.8, 4) is 0 Å². The van der Waals surface area contributed by atoms with Gasteiger partial charge < -0.3 is 14.6 Å². The van der Waals surface area contributed by atoms with Crippen LogP contribution in [0.2, 0.25) is 0 Å². The molecule has 0 aromatic carbocycles. The number of hydrogen-bond acceptors (Lipinski definition) is 5. The van der Waals surface area contributed by atoms with Crippen molar-refractivity contribution >= 4 is 23.5 Å². The van der Waals surface area contributed by atoms with Crippen molar-refractivity contribution in [2.24, 2.45) is 0 Å². The van der Waals surface area contributed by atoms with Crippen LogP contribution in [0.1, 0.15) is 32.0 Å². The zero-order valence-electron chi connectivity index (χ0n) is 10.2. The molecule has 1 heterocycles. The monoisotopic (exact) mass is 260 g/mol. The highest BCUT2D eigenvalue weighted by Crippen LogP contribution is 2.18. The van der Waals surface area contributed by atoms with Crippen LogP contribution in [-0.4, -0.2) is 40.6 Å². The van der Waals surface area contributed by atoms with Crippen molar-refractivity contribution in [1.29, 1.82) is 0 Å². The van der Waals surface area contributed by atoms with E-state index in [4.69, 9.17) is 16.0 Å². The fourth-order valence-electron chi connectivity index (χ4n) is 1.31. The number of amides is 1. The Hall–Kier alpha value is -1.30. The van der Waals surface area contributed by atoms with Crippen LogP contribution in [0.5, 0.6) is 0 Å². The van der Waals surface area contributed by atoms with Crippen molar-refractivity contribution in [2.45, 2.75) is 26.1 Å². The van der Waals surface area contributed by atoms with Gasteiger partial charge in [0, 0.05) is 13.1 Å². The Morgan fingerprint density at radius 3 is 2.59 bits per heavy atom. The van der Waals surface area contributed by atoms with Crippen molar-refractivity contribution in [2.75, 3.05) is 25.0 Å². The molecule has 0 spiro atoms. The second kappa shape index (κ2) is 6.44. The molecule has 17 heavy (non-hydrogen) atoms. The largest absolute Gasteiger partial charge is 0.406 e. The fourth-order valence-corrected chi connectivity index (χ4v) is 1.39. The van der Waals surface area contributed by atoms with Gasteiger partial charge in [-0.05, 0) is 20.8 Å². The number of anilines is 1. The molecule has 0 saturated carbocycles. The lowest BCUT2D eigenvalue weighted by molar-refractivity contribution is -0.128. The molecule has 1 rings (SSSR count). The number of carbonyl (C=O) groups excluding carboxylic acids is 1. The smallest absolute Gasteiger partial charge is 0.315 e. The molecule has 0 aliphatic carbocycles. The highest BCUT2D eigenvalue weighted by atomic mass is 35.5. The minimum Gasteiger partial charge on any atom is -0.406 e. The molecule has 0 bridgehead atoms. The number of aromatic nitrogens is 2. The number of rotatable bonds is 6. The summed E-state index contributed by atoms with van der Waals surface area (Å²) in [6.45, 7) is 7.11. The summed E-state index contributed by atoms with van der Waals surface area (Å²) in [4.78, 5) is 13.4. The van der Waals surface area contributed by atoms with Gasteiger partial charge in [-0.2, -0.15) is 0 Å². The Kier molecular flexibility index (Phi) is 5.21. The minimum absolute atomic E-state index is 0.00586. The lowest BCUT2D eigenvalue weighted by Gasteiger charge is -2.18. The number of nitrogens with one attached hydrogen (secondary N) is 1. The number of halogens is 1. The van der Waals surface area contributed by atoms with E-state index >= 15 is 0 Å². The molecular formula is C10H17ClN4O2. The minimum atomic E-state index is -0.337. The Morgan fingerprint density at radius 1 is 1.47 bits per heavy atom. The van der Waals surface area contributed by atoms with E-state index in [0.29, 0.717) is 19.0 Å². The van der Waals surface area contributed by atoms with E-state index in [1.165, 1.54) is 0 Å². The van der Waals surface area contributed by atoms with Gasteiger partial charge in [-0.1, -0.05) is 5.10 Å². The third-order valence-corrected chi connectivity index (χ3v) is 2.47. The number of alkyl halides is 1. The standard InChI is InChI=1S/C10H17ClN4O2/c1-4-15(5-2)8(16)6-12-10-14-13-9(17-10)7(3)11/h7H,4-6H2,1-3H3,(H,12,14). The zero-order valence-corrected chi connectivity index (χ0v) is 11.0. The van der Waals surface area contributed by atoms with Crippen LogP contribution in [0, 0.1) is 0 Å². The van der Waals surface area contributed by atoms with Crippen LogP contribution in [0.15, 0.2) is 4.42 Å². The maximum Gasteiger partial charge on any atom is 0.315 e. The lowest BCUT2D eigenvalue weighted by Crippen LogP contribution is -2.35. The van der Waals surface area contributed by atoms with E-state index in [-0.39, 0.29) is 23.8 Å². The fraction of sp³-hybridized carbons (Fsp3) is 0.700. The first-order valence-corrected chi connectivity index (χ1v) is 6.01. The number of hydrogen-bond donors (Lipinski definition) is 1. The van der Waals surface area contributed by atoms with Gasteiger partial charge in [0.15, 0.2) is 0 Å². The van der Waals surface area contributed by atoms with Crippen LogP contribution < -0.4 is 5.32 Å². The molecule has 0 aliphatic heterocycles. The first kappa shape index (κ1) is 13.8. The number of likely N-dealkylation sites (N-methyl/N-ethyl adjacent to an activating group) is 1. The molecule has 0 radical (unpaired) electrons. The molecule has 1 amide bonds.